The first kappa shape index (κ1) is 58.5. The number of ketones is 1. The standard InChI is InChI=1S/C45H73N3O16P2/c1-4-6-7-8-9-10-11-12-13-14-15-19-22-26-36(49)27-24-29-40(50)59-32-37(62-41(51)28-23-20-17-16-18-21-25-35(3)5-2)33-60-65(55,56)64-66(57,58)61-34-38-42(52)43(53)44(63-38)48-31-30-39(46)47-45(48)54/h9-10,12-13,15,19,22,26,30-31,35,37-38,42-44,52-53H,4-8,11,14,16-18,20-21,23-25,27-29,32-34H2,1-3H3,(H,55,56)(H,57,58)(H2,46,47,54)/b10-9-,13-12-,19-15-,26-22+/t35?,37-,38-,42-,43-,44-/m1/s1. The monoisotopic (exact) mass is 973 g/mol. The number of phosphoric acid groups is 2. The van der Waals surface area contributed by atoms with Gasteiger partial charge in [-0.1, -0.05) is 121 Å². The minimum Gasteiger partial charge on any atom is -0.462 e. The average molecular weight is 974 g/mol. The molecule has 19 nitrogen and oxygen atoms in total. The number of ether oxygens (including phenoxy) is 3. The van der Waals surface area contributed by atoms with E-state index in [2.05, 4.69) is 48.3 Å². The highest BCUT2D eigenvalue weighted by molar-refractivity contribution is 7.61. The molecule has 0 saturated carbocycles. The normalized spacial score (nSPS) is 20.5. The summed E-state index contributed by atoms with van der Waals surface area (Å²) < 4.78 is 56.3. The number of aromatic nitrogens is 2. The Morgan fingerprint density at radius 3 is 2.21 bits per heavy atom. The molecule has 1 aliphatic rings. The Morgan fingerprint density at radius 2 is 1.50 bits per heavy atom. The largest absolute Gasteiger partial charge is 0.481 e. The van der Waals surface area contributed by atoms with Crippen LogP contribution in [0.25, 0.3) is 0 Å². The molecule has 1 fully saturated rings. The topological polar surface area (TPSA) is 283 Å². The van der Waals surface area contributed by atoms with Crippen LogP contribution in [0.1, 0.15) is 143 Å². The van der Waals surface area contributed by atoms with Crippen molar-refractivity contribution in [3.05, 3.63) is 71.4 Å². The molecule has 374 valence electrons. The van der Waals surface area contributed by atoms with E-state index in [1.807, 2.05) is 12.2 Å². The predicted molar refractivity (Wildman–Crippen MR) is 247 cm³/mol. The lowest BCUT2D eigenvalue weighted by atomic mass is 10.00. The summed E-state index contributed by atoms with van der Waals surface area (Å²) >= 11 is 0. The molecule has 0 amide bonds. The molecular weight excluding hydrogens is 900 g/mol. The van der Waals surface area contributed by atoms with Gasteiger partial charge in [0.15, 0.2) is 18.1 Å². The number of carbonyl (C=O) groups is 3. The first-order valence-corrected chi connectivity index (χ1v) is 26.0. The van der Waals surface area contributed by atoms with Crippen LogP contribution in [0.15, 0.2) is 65.7 Å². The molecule has 3 unspecified atom stereocenters. The van der Waals surface area contributed by atoms with E-state index >= 15 is 0 Å². The van der Waals surface area contributed by atoms with Crippen LogP contribution in [0.5, 0.6) is 0 Å². The second kappa shape index (κ2) is 33.0. The van der Waals surface area contributed by atoms with Crippen molar-refractivity contribution in [1.82, 2.24) is 9.55 Å². The number of unbranched alkanes of at least 4 members (excludes halogenated alkanes) is 8. The Labute approximate surface area is 388 Å². The van der Waals surface area contributed by atoms with Gasteiger partial charge in [0.1, 0.15) is 30.7 Å². The van der Waals surface area contributed by atoms with Crippen LogP contribution in [0.3, 0.4) is 0 Å². The number of anilines is 1. The summed E-state index contributed by atoms with van der Waals surface area (Å²) in [5.74, 6) is -1.08. The van der Waals surface area contributed by atoms with Crippen molar-refractivity contribution in [1.29, 1.82) is 0 Å². The van der Waals surface area contributed by atoms with Gasteiger partial charge >= 0.3 is 33.3 Å². The lowest BCUT2D eigenvalue weighted by Crippen LogP contribution is -2.36. The lowest BCUT2D eigenvalue weighted by molar-refractivity contribution is -0.161. The third-order valence-corrected chi connectivity index (χ3v) is 13.0. The molecule has 0 aromatic carbocycles. The highest BCUT2D eigenvalue weighted by Gasteiger charge is 2.46. The number of nitrogens with zero attached hydrogens (tertiary/aromatic N) is 2. The van der Waals surface area contributed by atoms with Crippen molar-refractivity contribution in [2.75, 3.05) is 25.6 Å². The van der Waals surface area contributed by atoms with Gasteiger partial charge in [0.2, 0.25) is 0 Å². The van der Waals surface area contributed by atoms with E-state index in [4.69, 9.17) is 29.0 Å². The Balaban J connectivity index is 1.88. The molecule has 0 spiro atoms. The van der Waals surface area contributed by atoms with Crippen LogP contribution in [-0.4, -0.2) is 91.5 Å². The molecule has 2 rings (SSSR count). The summed E-state index contributed by atoms with van der Waals surface area (Å²) in [7, 11) is -10.9. The fourth-order valence-electron chi connectivity index (χ4n) is 6.42. The van der Waals surface area contributed by atoms with Crippen molar-refractivity contribution in [2.24, 2.45) is 5.92 Å². The Kier molecular flexibility index (Phi) is 29.2. The van der Waals surface area contributed by atoms with Crippen LogP contribution >= 0.6 is 15.6 Å². The van der Waals surface area contributed by atoms with E-state index in [0.29, 0.717) is 12.3 Å². The maximum absolute atomic E-state index is 12.8. The summed E-state index contributed by atoms with van der Waals surface area (Å²) in [6.45, 7) is 4.07. The summed E-state index contributed by atoms with van der Waals surface area (Å²) in [4.78, 5) is 73.9. The molecule has 1 aromatic rings. The highest BCUT2D eigenvalue weighted by Crippen LogP contribution is 2.60. The SMILES string of the molecule is CCCCC/C=C\C/C=C\C/C=C\C=C\C(=O)CCCC(=O)OC[C@H](COP(=O)(O)OP(=O)(O)OC[C@H]1O[C@@H](n2ccc(N)nc2=O)[C@H](O)[C@@H]1O)OC(=O)CCCCCCCCC(C)CC. The van der Waals surface area contributed by atoms with Gasteiger partial charge in [0.05, 0.1) is 13.2 Å². The van der Waals surface area contributed by atoms with Gasteiger partial charge in [-0.15, -0.1) is 0 Å². The molecule has 21 heteroatoms. The van der Waals surface area contributed by atoms with Crippen LogP contribution in [-0.2, 0) is 51.1 Å². The predicted octanol–water partition coefficient (Wildman–Crippen LogP) is 7.64. The molecule has 0 bridgehead atoms. The smallest absolute Gasteiger partial charge is 0.462 e. The first-order valence-electron chi connectivity index (χ1n) is 23.0. The molecule has 1 saturated heterocycles. The fourth-order valence-corrected chi connectivity index (χ4v) is 8.53. The summed E-state index contributed by atoms with van der Waals surface area (Å²) in [5, 5.41) is 20.8. The van der Waals surface area contributed by atoms with E-state index in [1.54, 1.807) is 12.2 Å². The zero-order valence-electron chi connectivity index (χ0n) is 38.6. The van der Waals surface area contributed by atoms with E-state index in [0.717, 1.165) is 68.6 Å². The van der Waals surface area contributed by atoms with Crippen molar-refractivity contribution in [2.45, 2.75) is 167 Å². The van der Waals surface area contributed by atoms with Gasteiger partial charge in [-0.25, -0.2) is 13.9 Å². The number of rotatable bonds is 36. The third-order valence-electron chi connectivity index (χ3n) is 10.4. The zero-order valence-corrected chi connectivity index (χ0v) is 40.4. The number of allylic oxidation sites excluding steroid dienone is 8. The first-order chi connectivity index (χ1) is 31.5. The molecule has 1 aromatic heterocycles. The van der Waals surface area contributed by atoms with Crippen molar-refractivity contribution in [3.8, 4) is 0 Å². The van der Waals surface area contributed by atoms with E-state index < -0.39 is 83.7 Å². The summed E-state index contributed by atoms with van der Waals surface area (Å²) in [5.41, 5.74) is 4.55. The van der Waals surface area contributed by atoms with Crippen LogP contribution in [0, 0.1) is 5.92 Å². The van der Waals surface area contributed by atoms with Crippen LogP contribution in [0.4, 0.5) is 5.82 Å². The number of nitrogens with two attached hydrogens (primary N) is 1. The van der Waals surface area contributed by atoms with E-state index in [9.17, 15) is 48.3 Å². The molecular formula is C45H73N3O16P2. The van der Waals surface area contributed by atoms with Gasteiger partial charge in [-0.05, 0) is 56.6 Å². The fraction of sp³-hybridized carbons (Fsp3) is 0.667. The maximum Gasteiger partial charge on any atom is 0.481 e. The van der Waals surface area contributed by atoms with Gasteiger partial charge in [0, 0.05) is 25.5 Å². The van der Waals surface area contributed by atoms with Gasteiger partial charge in [-0.2, -0.15) is 9.29 Å². The number of hydrogen-bond donors (Lipinski definition) is 5. The third kappa shape index (κ3) is 26.1. The van der Waals surface area contributed by atoms with Gasteiger partial charge in [0.25, 0.3) is 0 Å². The number of esters is 2. The number of aliphatic hydroxyl groups is 2. The maximum atomic E-state index is 12.8. The zero-order chi connectivity index (χ0) is 48.8. The van der Waals surface area contributed by atoms with Crippen molar-refractivity contribution in [3.63, 3.8) is 0 Å². The number of aliphatic hydroxyl groups excluding tert-OH is 2. The summed E-state index contributed by atoms with van der Waals surface area (Å²) in [6.07, 6.45) is 22.6. The molecule has 0 aliphatic carbocycles. The van der Waals surface area contributed by atoms with Gasteiger partial charge in [-0.3, -0.25) is 28.0 Å². The number of carbonyl (C=O) groups excluding carboxylic acids is 3. The summed E-state index contributed by atoms with van der Waals surface area (Å²) in [6, 6.07) is 1.23. The molecule has 6 N–H and O–H groups in total. The second-order valence-corrected chi connectivity index (χ2v) is 19.2. The number of nitrogen functional groups attached to an aromatic ring is 1. The Morgan fingerprint density at radius 1 is 0.833 bits per heavy atom. The number of phosphoric ester groups is 2. The van der Waals surface area contributed by atoms with E-state index in [1.165, 1.54) is 37.8 Å². The molecule has 2 heterocycles. The van der Waals surface area contributed by atoms with Gasteiger partial charge < -0.3 is 39.9 Å². The van der Waals surface area contributed by atoms with Crippen molar-refractivity contribution < 1.29 is 71.1 Å². The molecule has 8 atom stereocenters. The van der Waals surface area contributed by atoms with Crippen molar-refractivity contribution >= 4 is 39.2 Å². The highest BCUT2D eigenvalue weighted by atomic mass is 31.3. The number of hydrogen-bond acceptors (Lipinski definition) is 16. The minimum absolute atomic E-state index is 0.00320. The van der Waals surface area contributed by atoms with E-state index in [-0.39, 0.29) is 37.3 Å². The second-order valence-electron chi connectivity index (χ2n) is 16.2. The minimum atomic E-state index is -5.46. The molecule has 0 radical (unpaired) electrons. The Bertz CT molecular complexity index is 1870. The van der Waals surface area contributed by atoms with Crippen LogP contribution in [0.2, 0.25) is 0 Å². The molecule has 66 heavy (non-hydrogen) atoms. The average Bonchev–Trinajstić information content (AvgIpc) is 3.54. The Hall–Kier alpha value is -3.61. The molecule has 1 aliphatic heterocycles. The quantitative estimate of drug-likeness (QED) is 0.0108. The lowest BCUT2D eigenvalue weighted by Gasteiger charge is -2.21. The van der Waals surface area contributed by atoms with Crippen LogP contribution < -0.4 is 11.4 Å².